The van der Waals surface area contributed by atoms with Gasteiger partial charge in [-0.2, -0.15) is 0 Å². The predicted molar refractivity (Wildman–Crippen MR) is 186 cm³/mol. The van der Waals surface area contributed by atoms with Crippen LogP contribution >= 0.6 is 11.6 Å². The van der Waals surface area contributed by atoms with E-state index in [0.29, 0.717) is 35.5 Å². The topological polar surface area (TPSA) is 125 Å². The Labute approximate surface area is 293 Å². The number of likely N-dealkylation sites (tertiary alicyclic amines) is 1. The van der Waals surface area contributed by atoms with Crippen molar-refractivity contribution in [2.75, 3.05) is 18.1 Å². The zero-order valence-corrected chi connectivity index (χ0v) is 29.1. The first kappa shape index (κ1) is 36.3. The van der Waals surface area contributed by atoms with Crippen LogP contribution in [0.2, 0.25) is 5.02 Å². The van der Waals surface area contributed by atoms with Crippen molar-refractivity contribution in [2.45, 2.75) is 82.4 Å². The Morgan fingerprint density at radius 3 is 2.45 bits per heavy atom. The van der Waals surface area contributed by atoms with E-state index in [1.54, 1.807) is 43.3 Å². The first-order chi connectivity index (χ1) is 23.5. The van der Waals surface area contributed by atoms with E-state index >= 15 is 0 Å². The van der Waals surface area contributed by atoms with Gasteiger partial charge in [0.15, 0.2) is 0 Å². The molecular weight excluding hydrogens is 646 g/mol. The van der Waals surface area contributed by atoms with Crippen LogP contribution in [-0.2, 0) is 28.7 Å². The minimum absolute atomic E-state index is 0.109. The van der Waals surface area contributed by atoms with Gasteiger partial charge in [-0.05, 0) is 49.8 Å². The lowest BCUT2D eigenvalue weighted by Gasteiger charge is -2.40. The first-order valence-corrected chi connectivity index (χ1v) is 17.3. The minimum atomic E-state index is -1.34. The molecule has 10 nitrogen and oxygen atoms in total. The Morgan fingerprint density at radius 2 is 1.82 bits per heavy atom. The molecule has 3 fully saturated rings. The molecule has 0 radical (unpaired) electrons. The van der Waals surface area contributed by atoms with Gasteiger partial charge < -0.3 is 29.7 Å². The number of rotatable bonds is 15. The third-order valence-corrected chi connectivity index (χ3v) is 10.4. The van der Waals surface area contributed by atoms with Crippen molar-refractivity contribution in [2.24, 2.45) is 17.8 Å². The van der Waals surface area contributed by atoms with Crippen LogP contribution in [0.5, 0.6) is 0 Å². The molecule has 1 spiro atoms. The molecule has 2 aromatic rings. The average Bonchev–Trinajstić information content (AvgIpc) is 3.73. The van der Waals surface area contributed by atoms with Crippen molar-refractivity contribution in [1.82, 2.24) is 10.2 Å². The molecule has 2 aromatic carbocycles. The maximum absolute atomic E-state index is 14.8. The van der Waals surface area contributed by atoms with Crippen molar-refractivity contribution < 1.29 is 33.8 Å². The third-order valence-electron chi connectivity index (χ3n) is 10.1. The van der Waals surface area contributed by atoms with E-state index < -0.39 is 65.6 Å². The Kier molecular flexibility index (Phi) is 11.3. The van der Waals surface area contributed by atoms with E-state index in [4.69, 9.17) is 21.1 Å². The molecule has 3 amide bonds. The maximum atomic E-state index is 14.8. The quantitative estimate of drug-likeness (QED) is 0.199. The van der Waals surface area contributed by atoms with E-state index in [1.165, 1.54) is 9.80 Å². The van der Waals surface area contributed by atoms with Gasteiger partial charge in [-0.3, -0.25) is 19.2 Å². The van der Waals surface area contributed by atoms with Crippen LogP contribution in [0.15, 0.2) is 79.9 Å². The Balaban J connectivity index is 1.52. The SMILES string of the molecule is C=CCCC(=O)N[C@@H](C)[C@H](OC(=O)[C@@H]1[C@H]2C(=O)N([C@@H](CO)C(C)C)[C@H](C(=O)N(CC=C)c3ccccc3Cl)[C@]23CC[C@H]1O3)c1ccccc1. The van der Waals surface area contributed by atoms with Gasteiger partial charge in [0, 0.05) is 13.0 Å². The molecule has 0 saturated carbocycles. The molecule has 0 unspecified atom stereocenters. The standard InChI is InChI=1S/C38H46ClN3O7/c1-6-8-18-30(44)40-24(5)33(25-14-10-9-11-15-25)48-37(47)31-29-19-20-38(49-29)32(31)35(45)42(28(22-43)23(3)4)34(38)36(46)41(21-7-2)27-17-13-12-16-26(27)39/h6-7,9-17,23-24,28-29,31-34,43H,1-2,8,18-22H2,3-5H3,(H,40,44)/t24-,28-,29+,31-,32-,33-,34+,38-/m0/s1. The van der Waals surface area contributed by atoms with Crippen LogP contribution in [0.3, 0.4) is 0 Å². The van der Waals surface area contributed by atoms with Crippen LogP contribution in [0.25, 0.3) is 0 Å². The van der Waals surface area contributed by atoms with Crippen LogP contribution in [-0.4, -0.2) is 76.7 Å². The van der Waals surface area contributed by atoms with Crippen molar-refractivity contribution in [3.63, 3.8) is 0 Å². The normalized spacial score (nSPS) is 25.8. The lowest BCUT2D eigenvalue weighted by atomic mass is 9.70. The summed E-state index contributed by atoms with van der Waals surface area (Å²) in [5.74, 6) is -3.96. The highest BCUT2D eigenvalue weighted by Crippen LogP contribution is 2.59. The third kappa shape index (κ3) is 6.78. The van der Waals surface area contributed by atoms with Gasteiger partial charge in [0.2, 0.25) is 11.8 Å². The Morgan fingerprint density at radius 1 is 1.12 bits per heavy atom. The predicted octanol–water partition coefficient (Wildman–Crippen LogP) is 5.01. The zero-order chi connectivity index (χ0) is 35.5. The number of anilines is 1. The largest absolute Gasteiger partial charge is 0.455 e. The van der Waals surface area contributed by atoms with E-state index in [9.17, 15) is 24.3 Å². The highest BCUT2D eigenvalue weighted by atomic mass is 35.5. The van der Waals surface area contributed by atoms with Gasteiger partial charge >= 0.3 is 5.97 Å². The van der Waals surface area contributed by atoms with Gasteiger partial charge in [0.1, 0.15) is 17.7 Å². The van der Waals surface area contributed by atoms with Gasteiger partial charge in [-0.1, -0.05) is 80.1 Å². The number of carbonyl (C=O) groups excluding carboxylic acids is 4. The van der Waals surface area contributed by atoms with Crippen LogP contribution in [0, 0.1) is 17.8 Å². The van der Waals surface area contributed by atoms with Crippen LogP contribution in [0.4, 0.5) is 5.69 Å². The molecule has 8 atom stereocenters. The number of fused-ring (bicyclic) bond motifs is 1. The van der Waals surface area contributed by atoms with E-state index in [-0.39, 0.29) is 31.4 Å². The number of amides is 3. The highest BCUT2D eigenvalue weighted by molar-refractivity contribution is 6.34. The second kappa shape index (κ2) is 15.3. The number of aliphatic hydroxyl groups excluding tert-OH is 1. The smallest absolute Gasteiger partial charge is 0.313 e. The number of benzene rings is 2. The van der Waals surface area contributed by atoms with E-state index in [0.717, 1.165) is 0 Å². The van der Waals surface area contributed by atoms with Crippen molar-refractivity contribution in [3.8, 4) is 0 Å². The zero-order valence-electron chi connectivity index (χ0n) is 28.3. The van der Waals surface area contributed by atoms with Crippen molar-refractivity contribution >= 4 is 41.0 Å². The Hall–Kier alpha value is -3.99. The van der Waals surface area contributed by atoms with Gasteiger partial charge in [0.25, 0.3) is 5.91 Å². The maximum Gasteiger partial charge on any atom is 0.313 e. The molecule has 11 heteroatoms. The fourth-order valence-electron chi connectivity index (χ4n) is 7.81. The number of halogens is 1. The summed E-state index contributed by atoms with van der Waals surface area (Å²) in [6.45, 7) is 12.7. The molecule has 5 rings (SSSR count). The summed E-state index contributed by atoms with van der Waals surface area (Å²) in [6.07, 6.45) is 3.27. The number of hydrogen-bond donors (Lipinski definition) is 2. The van der Waals surface area contributed by atoms with Crippen molar-refractivity contribution in [3.05, 3.63) is 90.5 Å². The number of esters is 1. The summed E-state index contributed by atoms with van der Waals surface area (Å²) in [5.41, 5.74) is -0.207. The molecule has 2 bridgehead atoms. The summed E-state index contributed by atoms with van der Waals surface area (Å²) in [6, 6.07) is 13.6. The van der Waals surface area contributed by atoms with E-state index in [1.807, 2.05) is 44.2 Å². The summed E-state index contributed by atoms with van der Waals surface area (Å²) >= 11 is 6.57. The second-order valence-electron chi connectivity index (χ2n) is 13.4. The van der Waals surface area contributed by atoms with Gasteiger partial charge in [0.05, 0.1) is 47.3 Å². The number of allylic oxidation sites excluding steroid dienone is 1. The van der Waals surface area contributed by atoms with Gasteiger partial charge in [-0.15, -0.1) is 13.2 Å². The number of nitrogens with one attached hydrogen (secondary N) is 1. The molecule has 0 aliphatic carbocycles. The highest BCUT2D eigenvalue weighted by Gasteiger charge is 2.76. The lowest BCUT2D eigenvalue weighted by Crippen LogP contribution is -2.59. The van der Waals surface area contributed by atoms with Crippen molar-refractivity contribution in [1.29, 1.82) is 0 Å². The van der Waals surface area contributed by atoms with Crippen LogP contribution in [0.1, 0.15) is 58.1 Å². The first-order valence-electron chi connectivity index (χ1n) is 16.9. The molecule has 49 heavy (non-hydrogen) atoms. The number of hydrogen-bond acceptors (Lipinski definition) is 7. The summed E-state index contributed by atoms with van der Waals surface area (Å²) < 4.78 is 12.9. The average molecular weight is 692 g/mol. The molecule has 262 valence electrons. The number of aliphatic hydroxyl groups is 1. The number of carbonyl (C=O) groups is 4. The van der Waals surface area contributed by atoms with Gasteiger partial charge in [-0.25, -0.2) is 0 Å². The fourth-order valence-corrected chi connectivity index (χ4v) is 8.05. The molecular formula is C38H46ClN3O7. The minimum Gasteiger partial charge on any atom is -0.455 e. The summed E-state index contributed by atoms with van der Waals surface area (Å²) in [4.78, 5) is 59.4. The number of nitrogens with zero attached hydrogens (tertiary/aromatic N) is 2. The van der Waals surface area contributed by atoms with Crippen LogP contribution < -0.4 is 10.2 Å². The number of para-hydroxylation sites is 1. The summed E-state index contributed by atoms with van der Waals surface area (Å²) in [7, 11) is 0. The monoisotopic (exact) mass is 691 g/mol. The summed E-state index contributed by atoms with van der Waals surface area (Å²) in [5, 5.41) is 13.9. The molecule has 3 aliphatic rings. The molecule has 2 N–H and O–H groups in total. The molecule has 3 aliphatic heterocycles. The fraction of sp³-hybridized carbons (Fsp3) is 0.474. The molecule has 0 aromatic heterocycles. The van der Waals surface area contributed by atoms with E-state index in [2.05, 4.69) is 18.5 Å². The lowest BCUT2D eigenvalue weighted by molar-refractivity contribution is -0.162. The Bertz CT molecular complexity index is 1570. The number of ether oxygens (including phenoxy) is 2. The molecule has 3 heterocycles. The molecule has 3 saturated heterocycles. The second-order valence-corrected chi connectivity index (χ2v) is 13.8.